The molecule has 0 saturated carbocycles. The minimum absolute atomic E-state index is 0.288. The van der Waals surface area contributed by atoms with E-state index in [4.69, 9.17) is 16.3 Å². The molecule has 1 atom stereocenters. The molecule has 1 fully saturated rings. The van der Waals surface area contributed by atoms with Gasteiger partial charge in [0.2, 0.25) is 5.91 Å². The first-order chi connectivity index (χ1) is 9.87. The van der Waals surface area contributed by atoms with E-state index in [0.29, 0.717) is 31.9 Å². The SMILES string of the molecule is O=C(C(Cl)c1ccc(OC(F)(F)F)cc1)N1CCOCC1. The van der Waals surface area contributed by atoms with Crippen molar-refractivity contribution >= 4 is 17.5 Å². The van der Waals surface area contributed by atoms with Gasteiger partial charge in [-0.3, -0.25) is 4.79 Å². The first kappa shape index (κ1) is 15.9. The van der Waals surface area contributed by atoms with E-state index in [1.807, 2.05) is 0 Å². The summed E-state index contributed by atoms with van der Waals surface area (Å²) >= 11 is 6.08. The lowest BCUT2D eigenvalue weighted by molar-refractivity contribution is -0.274. The predicted molar refractivity (Wildman–Crippen MR) is 69.1 cm³/mol. The number of benzene rings is 1. The van der Waals surface area contributed by atoms with Crippen molar-refractivity contribution in [1.82, 2.24) is 4.90 Å². The highest BCUT2D eigenvalue weighted by Crippen LogP contribution is 2.28. The topological polar surface area (TPSA) is 38.8 Å². The van der Waals surface area contributed by atoms with Crippen LogP contribution in [0.25, 0.3) is 0 Å². The molecule has 0 aliphatic carbocycles. The highest BCUT2D eigenvalue weighted by atomic mass is 35.5. The van der Waals surface area contributed by atoms with E-state index in [1.165, 1.54) is 12.1 Å². The van der Waals surface area contributed by atoms with Gasteiger partial charge in [-0.1, -0.05) is 12.1 Å². The van der Waals surface area contributed by atoms with Crippen LogP contribution in [-0.4, -0.2) is 43.5 Å². The second-order valence-corrected chi connectivity index (χ2v) is 4.85. The molecule has 1 saturated heterocycles. The van der Waals surface area contributed by atoms with Crippen LogP contribution in [0.5, 0.6) is 5.75 Å². The summed E-state index contributed by atoms with van der Waals surface area (Å²) in [6, 6.07) is 4.95. The van der Waals surface area contributed by atoms with Crippen molar-refractivity contribution in [2.24, 2.45) is 0 Å². The van der Waals surface area contributed by atoms with E-state index < -0.39 is 11.7 Å². The Bertz CT molecular complexity index is 486. The van der Waals surface area contributed by atoms with E-state index in [1.54, 1.807) is 4.90 Å². The third-order valence-corrected chi connectivity index (χ3v) is 3.38. The summed E-state index contributed by atoms with van der Waals surface area (Å²) in [5.74, 6) is -0.640. The number of nitrogens with zero attached hydrogens (tertiary/aromatic N) is 1. The summed E-state index contributed by atoms with van der Waals surface area (Å²) in [5, 5.41) is -0.942. The van der Waals surface area contributed by atoms with Gasteiger partial charge in [0.25, 0.3) is 0 Å². The molecule has 0 bridgehead atoms. The fraction of sp³-hybridized carbons (Fsp3) is 0.462. The summed E-state index contributed by atoms with van der Waals surface area (Å²) < 4.78 is 45.0. The quantitative estimate of drug-likeness (QED) is 0.803. The Kier molecular flexibility index (Phi) is 4.95. The molecule has 0 aromatic heterocycles. The molecule has 0 radical (unpaired) electrons. The molecule has 1 heterocycles. The Morgan fingerprint density at radius 1 is 1.24 bits per heavy atom. The molecule has 21 heavy (non-hydrogen) atoms. The highest BCUT2D eigenvalue weighted by molar-refractivity contribution is 6.30. The van der Waals surface area contributed by atoms with Gasteiger partial charge < -0.3 is 14.4 Å². The number of alkyl halides is 4. The smallest absolute Gasteiger partial charge is 0.406 e. The zero-order valence-corrected chi connectivity index (χ0v) is 11.7. The number of amides is 1. The average Bonchev–Trinajstić information content (AvgIpc) is 2.46. The van der Waals surface area contributed by atoms with Crippen molar-refractivity contribution in [3.8, 4) is 5.75 Å². The fourth-order valence-electron chi connectivity index (χ4n) is 1.93. The summed E-state index contributed by atoms with van der Waals surface area (Å²) in [4.78, 5) is 13.7. The zero-order chi connectivity index (χ0) is 15.5. The Hall–Kier alpha value is -1.47. The van der Waals surface area contributed by atoms with Crippen molar-refractivity contribution in [2.45, 2.75) is 11.7 Å². The maximum atomic E-state index is 12.1. The van der Waals surface area contributed by atoms with Crippen LogP contribution in [0.3, 0.4) is 0 Å². The molecule has 4 nitrogen and oxygen atoms in total. The predicted octanol–water partition coefficient (Wildman–Crippen LogP) is 2.72. The molecule has 1 aliphatic heterocycles. The van der Waals surface area contributed by atoms with Gasteiger partial charge in [-0.05, 0) is 17.7 Å². The monoisotopic (exact) mass is 323 g/mol. The molecule has 116 valence electrons. The summed E-state index contributed by atoms with van der Waals surface area (Å²) in [5.41, 5.74) is 0.419. The number of ether oxygens (including phenoxy) is 2. The van der Waals surface area contributed by atoms with Gasteiger partial charge in [-0.2, -0.15) is 0 Å². The van der Waals surface area contributed by atoms with Crippen LogP contribution >= 0.6 is 11.6 Å². The summed E-state index contributed by atoms with van der Waals surface area (Å²) in [6.45, 7) is 1.82. The molecule has 8 heteroatoms. The van der Waals surface area contributed by atoms with Gasteiger partial charge in [0, 0.05) is 13.1 Å². The van der Waals surface area contributed by atoms with E-state index in [2.05, 4.69) is 4.74 Å². The van der Waals surface area contributed by atoms with Gasteiger partial charge in [-0.15, -0.1) is 24.8 Å². The van der Waals surface area contributed by atoms with Gasteiger partial charge in [0.05, 0.1) is 13.2 Å². The summed E-state index contributed by atoms with van der Waals surface area (Å²) in [6.07, 6.45) is -4.74. The van der Waals surface area contributed by atoms with Crippen LogP contribution in [0.2, 0.25) is 0 Å². The van der Waals surface area contributed by atoms with Crippen LogP contribution in [-0.2, 0) is 9.53 Å². The molecule has 1 aromatic rings. The lowest BCUT2D eigenvalue weighted by atomic mass is 10.1. The average molecular weight is 324 g/mol. The number of hydrogen-bond acceptors (Lipinski definition) is 3. The minimum atomic E-state index is -4.74. The van der Waals surface area contributed by atoms with Gasteiger partial charge in [0.1, 0.15) is 11.1 Å². The Labute approximate surface area is 124 Å². The van der Waals surface area contributed by atoms with Crippen LogP contribution in [0.4, 0.5) is 13.2 Å². The van der Waals surface area contributed by atoms with Crippen molar-refractivity contribution in [3.05, 3.63) is 29.8 Å². The fourth-order valence-corrected chi connectivity index (χ4v) is 2.21. The lowest BCUT2D eigenvalue weighted by Gasteiger charge is -2.28. The molecule has 0 spiro atoms. The molecule has 1 aromatic carbocycles. The van der Waals surface area contributed by atoms with E-state index in [0.717, 1.165) is 12.1 Å². The zero-order valence-electron chi connectivity index (χ0n) is 10.9. The van der Waals surface area contributed by atoms with E-state index >= 15 is 0 Å². The third-order valence-electron chi connectivity index (χ3n) is 2.95. The lowest BCUT2D eigenvalue weighted by Crippen LogP contribution is -2.42. The van der Waals surface area contributed by atoms with Crippen molar-refractivity contribution in [2.75, 3.05) is 26.3 Å². The standard InChI is InChI=1S/C13H13ClF3NO3/c14-11(12(19)18-5-7-20-8-6-18)9-1-3-10(4-2-9)21-13(15,16)17/h1-4,11H,5-8H2. The maximum absolute atomic E-state index is 12.1. The van der Waals surface area contributed by atoms with Crippen LogP contribution in [0.1, 0.15) is 10.9 Å². The molecular weight excluding hydrogens is 311 g/mol. The molecule has 1 amide bonds. The molecule has 0 N–H and O–H groups in total. The van der Waals surface area contributed by atoms with Gasteiger partial charge in [0.15, 0.2) is 0 Å². The largest absolute Gasteiger partial charge is 0.573 e. The number of carbonyl (C=O) groups excluding carboxylic acids is 1. The molecule has 1 aliphatic rings. The Balaban J connectivity index is 2.02. The first-order valence-electron chi connectivity index (χ1n) is 6.23. The van der Waals surface area contributed by atoms with Crippen molar-refractivity contribution < 1.29 is 27.4 Å². The number of hydrogen-bond donors (Lipinski definition) is 0. The second kappa shape index (κ2) is 6.53. The first-order valence-corrected chi connectivity index (χ1v) is 6.67. The molecule has 1 unspecified atom stereocenters. The van der Waals surface area contributed by atoms with Crippen LogP contribution in [0.15, 0.2) is 24.3 Å². The number of morpholine rings is 1. The van der Waals surface area contributed by atoms with Gasteiger partial charge >= 0.3 is 6.36 Å². The molecule has 2 rings (SSSR count). The van der Waals surface area contributed by atoms with Crippen molar-refractivity contribution in [1.29, 1.82) is 0 Å². The summed E-state index contributed by atoms with van der Waals surface area (Å²) in [7, 11) is 0. The second-order valence-electron chi connectivity index (χ2n) is 4.42. The number of carbonyl (C=O) groups is 1. The highest BCUT2D eigenvalue weighted by Gasteiger charge is 2.31. The normalized spacial score (nSPS) is 17.4. The molecular formula is C13H13ClF3NO3. The number of rotatable bonds is 3. The van der Waals surface area contributed by atoms with Gasteiger partial charge in [-0.25, -0.2) is 0 Å². The third kappa shape index (κ3) is 4.50. The number of halogens is 4. The van der Waals surface area contributed by atoms with E-state index in [9.17, 15) is 18.0 Å². The minimum Gasteiger partial charge on any atom is -0.406 e. The Morgan fingerprint density at radius 3 is 2.33 bits per heavy atom. The van der Waals surface area contributed by atoms with Crippen LogP contribution in [0, 0.1) is 0 Å². The van der Waals surface area contributed by atoms with Crippen LogP contribution < -0.4 is 4.74 Å². The Morgan fingerprint density at radius 2 is 1.81 bits per heavy atom. The van der Waals surface area contributed by atoms with E-state index in [-0.39, 0.29) is 11.7 Å². The van der Waals surface area contributed by atoms with Crippen molar-refractivity contribution in [3.63, 3.8) is 0 Å². The maximum Gasteiger partial charge on any atom is 0.573 e.